The van der Waals surface area contributed by atoms with Crippen molar-refractivity contribution >= 4 is 75.8 Å². The van der Waals surface area contributed by atoms with Gasteiger partial charge in [0, 0.05) is 16.2 Å². The molecule has 0 bridgehead atoms. The molecular weight excluding hydrogens is 725 g/mol. The minimum Gasteiger partial charge on any atom is -0.456 e. The molecule has 0 radical (unpaired) electrons. The van der Waals surface area contributed by atoms with Crippen molar-refractivity contribution in [2.75, 3.05) is 0 Å². The summed E-state index contributed by atoms with van der Waals surface area (Å²) in [5, 5.41) is 14.9. The van der Waals surface area contributed by atoms with Crippen LogP contribution in [0.2, 0.25) is 0 Å². The molecule has 1 aliphatic carbocycles. The van der Waals surface area contributed by atoms with Crippen LogP contribution in [0.15, 0.2) is 199 Å². The van der Waals surface area contributed by atoms with Crippen LogP contribution in [-0.2, 0) is 5.41 Å². The molecule has 1 aliphatic rings. The Morgan fingerprint density at radius 1 is 0.300 bits per heavy atom. The number of benzene rings is 11. The molecule has 0 N–H and O–H groups in total. The van der Waals surface area contributed by atoms with E-state index >= 15 is 0 Å². The molecule has 0 fully saturated rings. The Bertz CT molecular complexity index is 3750. The molecule has 13 rings (SSSR count). The van der Waals surface area contributed by atoms with Gasteiger partial charge in [0.2, 0.25) is 0 Å². The minimum absolute atomic E-state index is 0.0648. The first-order chi connectivity index (χ1) is 29.5. The molecule has 0 saturated carbocycles. The van der Waals surface area contributed by atoms with E-state index in [2.05, 4.69) is 208 Å². The Morgan fingerprint density at radius 3 is 1.55 bits per heavy atom. The van der Waals surface area contributed by atoms with E-state index in [1.165, 1.54) is 109 Å². The van der Waals surface area contributed by atoms with Gasteiger partial charge in [-0.3, -0.25) is 0 Å². The normalized spacial score (nSPS) is 13.3. The summed E-state index contributed by atoms with van der Waals surface area (Å²) in [6, 6.07) is 72.0. The zero-order valence-corrected chi connectivity index (χ0v) is 33.4. The van der Waals surface area contributed by atoms with E-state index < -0.39 is 0 Å². The highest BCUT2D eigenvalue weighted by Gasteiger charge is 2.36. The summed E-state index contributed by atoms with van der Waals surface area (Å²) >= 11 is 0. The fraction of sp³-hybridized carbons (Fsp3) is 0.0508. The molecule has 0 amide bonds. The Kier molecular flexibility index (Phi) is 6.85. The summed E-state index contributed by atoms with van der Waals surface area (Å²) in [6.45, 7) is 4.72. The summed E-state index contributed by atoms with van der Waals surface area (Å²) in [4.78, 5) is 0. The second kappa shape index (κ2) is 12.3. The molecule has 0 unspecified atom stereocenters. The van der Waals surface area contributed by atoms with E-state index in [-0.39, 0.29) is 5.41 Å². The van der Waals surface area contributed by atoms with Crippen molar-refractivity contribution in [3.05, 3.63) is 205 Å². The Morgan fingerprint density at radius 2 is 0.833 bits per heavy atom. The second-order valence-corrected chi connectivity index (χ2v) is 17.2. The van der Waals surface area contributed by atoms with Gasteiger partial charge in [-0.05, 0) is 152 Å². The van der Waals surface area contributed by atoms with Gasteiger partial charge in [-0.15, -0.1) is 0 Å². The third kappa shape index (κ3) is 4.69. The van der Waals surface area contributed by atoms with Gasteiger partial charge in [-0.25, -0.2) is 0 Å². The molecule has 1 heteroatoms. The smallest absolute Gasteiger partial charge is 0.135 e. The van der Waals surface area contributed by atoms with Crippen LogP contribution in [0, 0.1) is 0 Å². The van der Waals surface area contributed by atoms with Crippen molar-refractivity contribution in [1.29, 1.82) is 0 Å². The first-order valence-corrected chi connectivity index (χ1v) is 21.0. The standard InChI is InChI=1S/C59H38O/c1-59(2)53-27-23-38(31-49(53)50-30-36-13-3-4-14-37(36)34-54(50)59)39-24-28-55-51(32-39)52-33-40(25-29-56(52)60-55)57-45-16-7-9-18-47(45)58(48-19-10-8-17-46(48)57)44-21-11-20-42-41-15-6-5-12-35(41)22-26-43(42)44/h3-34H,1-2H3. The lowest BCUT2D eigenvalue weighted by Gasteiger charge is -2.22. The lowest BCUT2D eigenvalue weighted by Crippen LogP contribution is -2.14. The van der Waals surface area contributed by atoms with Crippen LogP contribution in [0.5, 0.6) is 0 Å². The van der Waals surface area contributed by atoms with Crippen molar-refractivity contribution in [2.45, 2.75) is 19.3 Å². The molecule has 1 aromatic heterocycles. The Hall–Kier alpha value is -7.48. The first kappa shape index (κ1) is 33.5. The Balaban J connectivity index is 0.990. The van der Waals surface area contributed by atoms with Gasteiger partial charge in [-0.2, -0.15) is 0 Å². The minimum atomic E-state index is -0.0648. The molecule has 1 heterocycles. The van der Waals surface area contributed by atoms with Crippen LogP contribution in [-0.4, -0.2) is 0 Å². The first-order valence-electron chi connectivity index (χ1n) is 21.0. The molecule has 0 saturated heterocycles. The molecular formula is C59H38O. The largest absolute Gasteiger partial charge is 0.456 e. The van der Waals surface area contributed by atoms with Crippen molar-refractivity contribution in [3.63, 3.8) is 0 Å². The van der Waals surface area contributed by atoms with Gasteiger partial charge >= 0.3 is 0 Å². The maximum absolute atomic E-state index is 6.55. The predicted octanol–water partition coefficient (Wildman–Crippen LogP) is 16.7. The molecule has 60 heavy (non-hydrogen) atoms. The average molecular weight is 763 g/mol. The van der Waals surface area contributed by atoms with Crippen LogP contribution in [0.1, 0.15) is 25.0 Å². The van der Waals surface area contributed by atoms with Crippen LogP contribution >= 0.6 is 0 Å². The lowest BCUT2D eigenvalue weighted by atomic mass is 9.81. The molecule has 1 nitrogen and oxygen atoms in total. The quantitative estimate of drug-likeness (QED) is 0.129. The second-order valence-electron chi connectivity index (χ2n) is 17.2. The fourth-order valence-corrected chi connectivity index (χ4v) is 10.7. The fourth-order valence-electron chi connectivity index (χ4n) is 10.7. The van der Waals surface area contributed by atoms with E-state index in [1.54, 1.807) is 0 Å². The average Bonchev–Trinajstić information content (AvgIpc) is 3.77. The van der Waals surface area contributed by atoms with Crippen LogP contribution in [0.3, 0.4) is 0 Å². The maximum Gasteiger partial charge on any atom is 0.135 e. The van der Waals surface area contributed by atoms with Gasteiger partial charge in [-0.1, -0.05) is 166 Å². The summed E-state index contributed by atoms with van der Waals surface area (Å²) < 4.78 is 6.55. The highest BCUT2D eigenvalue weighted by Crippen LogP contribution is 2.51. The summed E-state index contributed by atoms with van der Waals surface area (Å²) in [6.07, 6.45) is 0. The van der Waals surface area contributed by atoms with Crippen molar-refractivity contribution in [1.82, 2.24) is 0 Å². The summed E-state index contributed by atoms with van der Waals surface area (Å²) in [7, 11) is 0. The highest BCUT2D eigenvalue weighted by molar-refractivity contribution is 6.25. The molecule has 0 spiro atoms. The SMILES string of the molecule is CC1(C)c2ccc(-c3ccc4oc5ccc(-c6c7ccccc7c(-c7cccc8c7ccc7ccccc78)c7ccccc67)cc5c4c3)cc2-c2cc3ccccc3cc21. The van der Waals surface area contributed by atoms with E-state index in [0.717, 1.165) is 21.9 Å². The maximum atomic E-state index is 6.55. The monoisotopic (exact) mass is 762 g/mol. The zero-order chi connectivity index (χ0) is 39.7. The summed E-state index contributed by atoms with van der Waals surface area (Å²) in [5.41, 5.74) is 14.6. The number of rotatable bonds is 3. The summed E-state index contributed by atoms with van der Waals surface area (Å²) in [5.74, 6) is 0. The van der Waals surface area contributed by atoms with Crippen molar-refractivity contribution in [2.24, 2.45) is 0 Å². The van der Waals surface area contributed by atoms with E-state index in [1.807, 2.05) is 0 Å². The van der Waals surface area contributed by atoms with Crippen LogP contribution < -0.4 is 0 Å². The lowest BCUT2D eigenvalue weighted by molar-refractivity contribution is 0.661. The van der Waals surface area contributed by atoms with Gasteiger partial charge < -0.3 is 4.42 Å². The van der Waals surface area contributed by atoms with Gasteiger partial charge in [0.25, 0.3) is 0 Å². The highest BCUT2D eigenvalue weighted by atomic mass is 16.3. The zero-order valence-electron chi connectivity index (χ0n) is 33.4. The third-order valence-electron chi connectivity index (χ3n) is 13.6. The van der Waals surface area contributed by atoms with Crippen LogP contribution in [0.4, 0.5) is 0 Å². The molecule has 280 valence electrons. The molecule has 11 aromatic carbocycles. The van der Waals surface area contributed by atoms with E-state index in [9.17, 15) is 0 Å². The van der Waals surface area contributed by atoms with Gasteiger partial charge in [0.05, 0.1) is 0 Å². The molecule has 12 aromatic rings. The van der Waals surface area contributed by atoms with Crippen molar-refractivity contribution < 1.29 is 4.42 Å². The van der Waals surface area contributed by atoms with Crippen LogP contribution in [0.25, 0.3) is 120 Å². The van der Waals surface area contributed by atoms with Gasteiger partial charge in [0.1, 0.15) is 11.2 Å². The van der Waals surface area contributed by atoms with E-state index in [0.29, 0.717) is 0 Å². The number of furan rings is 1. The molecule has 0 atom stereocenters. The molecule has 0 aliphatic heterocycles. The number of hydrogen-bond donors (Lipinski definition) is 0. The number of hydrogen-bond acceptors (Lipinski definition) is 1. The number of fused-ring (bicyclic) bond motifs is 12. The topological polar surface area (TPSA) is 13.1 Å². The third-order valence-corrected chi connectivity index (χ3v) is 13.6. The predicted molar refractivity (Wildman–Crippen MR) is 255 cm³/mol. The van der Waals surface area contributed by atoms with Crippen molar-refractivity contribution in [3.8, 4) is 44.5 Å². The Labute approximate surface area is 347 Å². The van der Waals surface area contributed by atoms with E-state index in [4.69, 9.17) is 4.42 Å². The van der Waals surface area contributed by atoms with Gasteiger partial charge in [0.15, 0.2) is 0 Å².